The summed E-state index contributed by atoms with van der Waals surface area (Å²) in [5.41, 5.74) is 1.29. The van der Waals surface area contributed by atoms with Crippen LogP contribution in [0.4, 0.5) is 0 Å². The van der Waals surface area contributed by atoms with Crippen LogP contribution in [0.25, 0.3) is 0 Å². The number of carbonyl (C=O) groups excluding carboxylic acids is 1. The Morgan fingerprint density at radius 3 is 2.68 bits per heavy atom. The average Bonchev–Trinajstić information content (AvgIpc) is 2.39. The van der Waals surface area contributed by atoms with Gasteiger partial charge in [0.15, 0.2) is 6.29 Å². The molecule has 0 saturated carbocycles. The number of para-hydroxylation sites is 1. The molecule has 0 radical (unpaired) electrons. The summed E-state index contributed by atoms with van der Waals surface area (Å²) in [6.45, 7) is 0.263. The lowest BCUT2D eigenvalue weighted by Gasteiger charge is -2.11. The number of halogens is 3. The van der Waals surface area contributed by atoms with Gasteiger partial charge in [0.25, 0.3) is 0 Å². The maximum Gasteiger partial charge on any atom is 0.153 e. The number of aldehydes is 1. The molecule has 0 unspecified atom stereocenters. The fraction of sp³-hybridized carbons (Fsp3) is 0.0714. The number of carbonyl (C=O) groups is 1. The number of hydrogen-bond acceptors (Lipinski definition) is 2. The van der Waals surface area contributed by atoms with Gasteiger partial charge in [-0.2, -0.15) is 0 Å². The van der Waals surface area contributed by atoms with Crippen molar-refractivity contribution in [3.05, 3.63) is 62.0 Å². The molecule has 2 aromatic rings. The van der Waals surface area contributed by atoms with E-state index in [1.54, 1.807) is 30.3 Å². The molecule has 0 aliphatic heterocycles. The molecule has 0 aliphatic rings. The topological polar surface area (TPSA) is 26.3 Å². The minimum atomic E-state index is 0.263. The van der Waals surface area contributed by atoms with Crippen LogP contribution in [0.1, 0.15) is 15.9 Å². The Morgan fingerprint density at radius 1 is 1.21 bits per heavy atom. The van der Waals surface area contributed by atoms with Gasteiger partial charge in [-0.1, -0.05) is 35.3 Å². The van der Waals surface area contributed by atoms with E-state index in [9.17, 15) is 4.79 Å². The van der Waals surface area contributed by atoms with Gasteiger partial charge in [-0.3, -0.25) is 4.79 Å². The van der Waals surface area contributed by atoms with Crippen molar-refractivity contribution in [1.29, 1.82) is 0 Å². The third-order valence-electron chi connectivity index (χ3n) is 2.51. The summed E-state index contributed by atoms with van der Waals surface area (Å²) in [4.78, 5) is 11.0. The van der Waals surface area contributed by atoms with Crippen LogP contribution in [0, 0.1) is 0 Å². The van der Waals surface area contributed by atoms with Crippen LogP contribution >= 0.6 is 39.1 Å². The highest BCUT2D eigenvalue weighted by Gasteiger charge is 2.09. The van der Waals surface area contributed by atoms with Gasteiger partial charge in [0.1, 0.15) is 12.4 Å². The summed E-state index contributed by atoms with van der Waals surface area (Å²) in [7, 11) is 0. The van der Waals surface area contributed by atoms with Gasteiger partial charge in [0.2, 0.25) is 0 Å². The zero-order valence-electron chi connectivity index (χ0n) is 9.70. The zero-order chi connectivity index (χ0) is 13.8. The standard InChI is InChI=1S/C14H9BrCl2O2/c15-12-3-1-2-9(7-18)14(12)19-8-10-4-5-11(16)6-13(10)17/h1-7H,8H2. The Labute approximate surface area is 129 Å². The smallest absolute Gasteiger partial charge is 0.153 e. The first kappa shape index (κ1) is 14.4. The molecule has 0 spiro atoms. The number of benzene rings is 2. The molecular weight excluding hydrogens is 351 g/mol. The largest absolute Gasteiger partial charge is 0.487 e. The van der Waals surface area contributed by atoms with Crippen LogP contribution in [-0.2, 0) is 6.61 Å². The van der Waals surface area contributed by atoms with E-state index in [4.69, 9.17) is 27.9 Å². The predicted octanol–water partition coefficient (Wildman–Crippen LogP) is 5.15. The predicted molar refractivity (Wildman–Crippen MR) is 80.3 cm³/mol. The second kappa shape index (κ2) is 6.42. The quantitative estimate of drug-likeness (QED) is 0.706. The van der Waals surface area contributed by atoms with Crippen LogP contribution in [0.3, 0.4) is 0 Å². The van der Waals surface area contributed by atoms with Gasteiger partial charge < -0.3 is 4.74 Å². The summed E-state index contributed by atoms with van der Waals surface area (Å²) in [6, 6.07) is 10.5. The van der Waals surface area contributed by atoms with Crippen molar-refractivity contribution in [3.63, 3.8) is 0 Å². The normalized spacial score (nSPS) is 10.3. The highest BCUT2D eigenvalue weighted by Crippen LogP contribution is 2.30. The van der Waals surface area contributed by atoms with Crippen molar-refractivity contribution >= 4 is 45.4 Å². The monoisotopic (exact) mass is 358 g/mol. The number of hydrogen-bond donors (Lipinski definition) is 0. The van der Waals surface area contributed by atoms with Crippen LogP contribution in [0.15, 0.2) is 40.9 Å². The summed E-state index contributed by atoms with van der Waals surface area (Å²) in [5.74, 6) is 0.503. The Bertz CT molecular complexity index is 614. The van der Waals surface area contributed by atoms with Crippen LogP contribution in [0.2, 0.25) is 10.0 Å². The van der Waals surface area contributed by atoms with Crippen molar-refractivity contribution in [2.45, 2.75) is 6.61 Å². The fourth-order valence-corrected chi connectivity index (χ4v) is 2.52. The molecule has 0 fully saturated rings. The SMILES string of the molecule is O=Cc1cccc(Br)c1OCc1ccc(Cl)cc1Cl. The molecule has 0 atom stereocenters. The Balaban J connectivity index is 2.21. The summed E-state index contributed by atoms with van der Waals surface area (Å²) in [5, 5.41) is 1.11. The minimum absolute atomic E-state index is 0.263. The van der Waals surface area contributed by atoms with E-state index in [0.717, 1.165) is 16.3 Å². The van der Waals surface area contributed by atoms with Gasteiger partial charge in [-0.05, 0) is 40.2 Å². The van der Waals surface area contributed by atoms with E-state index < -0.39 is 0 Å². The Hall–Kier alpha value is -1.03. The van der Waals surface area contributed by atoms with E-state index in [0.29, 0.717) is 21.4 Å². The van der Waals surface area contributed by atoms with Gasteiger partial charge >= 0.3 is 0 Å². The average molecular weight is 360 g/mol. The molecule has 5 heteroatoms. The molecule has 0 heterocycles. The van der Waals surface area contributed by atoms with Gasteiger partial charge in [-0.25, -0.2) is 0 Å². The molecule has 98 valence electrons. The molecule has 2 aromatic carbocycles. The first-order valence-corrected chi connectivity index (χ1v) is 6.97. The molecular formula is C14H9BrCl2O2. The van der Waals surface area contributed by atoms with E-state index in [2.05, 4.69) is 15.9 Å². The van der Waals surface area contributed by atoms with Gasteiger partial charge in [0.05, 0.1) is 10.0 Å². The Morgan fingerprint density at radius 2 is 2.00 bits per heavy atom. The van der Waals surface area contributed by atoms with Crippen molar-refractivity contribution in [2.75, 3.05) is 0 Å². The lowest BCUT2D eigenvalue weighted by Crippen LogP contribution is -1.99. The number of ether oxygens (including phenoxy) is 1. The number of rotatable bonds is 4. The van der Waals surface area contributed by atoms with Crippen molar-refractivity contribution in [3.8, 4) is 5.75 Å². The lowest BCUT2D eigenvalue weighted by molar-refractivity contribution is 0.111. The van der Waals surface area contributed by atoms with Crippen LogP contribution < -0.4 is 4.74 Å². The third-order valence-corrected chi connectivity index (χ3v) is 3.72. The van der Waals surface area contributed by atoms with E-state index in [-0.39, 0.29) is 6.61 Å². The molecule has 2 nitrogen and oxygen atoms in total. The highest BCUT2D eigenvalue weighted by molar-refractivity contribution is 9.10. The summed E-state index contributed by atoms with van der Waals surface area (Å²) >= 11 is 15.2. The van der Waals surface area contributed by atoms with Crippen molar-refractivity contribution in [2.24, 2.45) is 0 Å². The molecule has 2 rings (SSSR count). The molecule has 0 saturated heterocycles. The van der Waals surface area contributed by atoms with Gasteiger partial charge in [0, 0.05) is 15.6 Å². The Kier molecular flexibility index (Phi) is 4.86. The third kappa shape index (κ3) is 3.50. The van der Waals surface area contributed by atoms with Crippen LogP contribution in [0.5, 0.6) is 5.75 Å². The molecule has 0 amide bonds. The molecule has 0 aliphatic carbocycles. The van der Waals surface area contributed by atoms with E-state index in [1.165, 1.54) is 0 Å². The maximum atomic E-state index is 11.0. The van der Waals surface area contributed by atoms with Crippen molar-refractivity contribution in [1.82, 2.24) is 0 Å². The molecule has 0 N–H and O–H groups in total. The molecule has 0 bridgehead atoms. The second-order valence-electron chi connectivity index (χ2n) is 3.80. The summed E-state index contributed by atoms with van der Waals surface area (Å²) < 4.78 is 6.38. The zero-order valence-corrected chi connectivity index (χ0v) is 12.8. The minimum Gasteiger partial charge on any atom is -0.487 e. The second-order valence-corrected chi connectivity index (χ2v) is 5.50. The lowest BCUT2D eigenvalue weighted by atomic mass is 10.2. The molecule has 0 aromatic heterocycles. The summed E-state index contributed by atoms with van der Waals surface area (Å²) in [6.07, 6.45) is 0.754. The molecule has 19 heavy (non-hydrogen) atoms. The first-order valence-electron chi connectivity index (χ1n) is 5.42. The van der Waals surface area contributed by atoms with Crippen LogP contribution in [-0.4, -0.2) is 6.29 Å². The maximum absolute atomic E-state index is 11.0. The highest BCUT2D eigenvalue weighted by atomic mass is 79.9. The van der Waals surface area contributed by atoms with Crippen molar-refractivity contribution < 1.29 is 9.53 Å². The van der Waals surface area contributed by atoms with Gasteiger partial charge in [-0.15, -0.1) is 0 Å². The first-order chi connectivity index (χ1) is 9.11. The van der Waals surface area contributed by atoms with E-state index in [1.807, 2.05) is 6.07 Å². The fourth-order valence-electron chi connectivity index (χ4n) is 1.56. The van der Waals surface area contributed by atoms with E-state index >= 15 is 0 Å².